The van der Waals surface area contributed by atoms with Crippen LogP contribution in [0.5, 0.6) is 5.75 Å². The first-order chi connectivity index (χ1) is 8.83. The molecule has 3 nitrogen and oxygen atoms in total. The van der Waals surface area contributed by atoms with Crippen LogP contribution < -0.4 is 0 Å². The van der Waals surface area contributed by atoms with E-state index in [0.29, 0.717) is 18.1 Å². The summed E-state index contributed by atoms with van der Waals surface area (Å²) in [6.07, 6.45) is 3.29. The number of fused-ring (bicyclic) bond motifs is 1. The largest absolute Gasteiger partial charge is 0.508 e. The zero-order valence-corrected chi connectivity index (χ0v) is 11.9. The maximum Gasteiger partial charge on any atom is 0.306 e. The second kappa shape index (κ2) is 5.24. The quantitative estimate of drug-likeness (QED) is 0.832. The van der Waals surface area contributed by atoms with Crippen LogP contribution >= 0.6 is 0 Å². The summed E-state index contributed by atoms with van der Waals surface area (Å²) in [5.74, 6) is 0.566. The van der Waals surface area contributed by atoms with Crippen molar-refractivity contribution in [3.05, 3.63) is 29.3 Å². The number of carbonyl (C=O) groups is 1. The van der Waals surface area contributed by atoms with Crippen molar-refractivity contribution >= 4 is 5.97 Å². The molecular formula is C16H22O3. The van der Waals surface area contributed by atoms with Gasteiger partial charge in [-0.1, -0.05) is 6.07 Å². The predicted molar refractivity (Wildman–Crippen MR) is 74.1 cm³/mol. The van der Waals surface area contributed by atoms with E-state index in [9.17, 15) is 9.90 Å². The van der Waals surface area contributed by atoms with Crippen LogP contribution in [0.1, 0.15) is 44.7 Å². The second-order valence-electron chi connectivity index (χ2n) is 6.35. The first kappa shape index (κ1) is 13.9. The molecule has 3 heteroatoms. The smallest absolute Gasteiger partial charge is 0.306 e. The third-order valence-corrected chi connectivity index (χ3v) is 3.40. The van der Waals surface area contributed by atoms with Gasteiger partial charge in [-0.05, 0) is 69.2 Å². The molecule has 0 radical (unpaired) electrons. The van der Waals surface area contributed by atoms with Gasteiger partial charge in [0.2, 0.25) is 0 Å². The summed E-state index contributed by atoms with van der Waals surface area (Å²) in [5, 5.41) is 9.45. The van der Waals surface area contributed by atoms with Gasteiger partial charge in [0.1, 0.15) is 11.4 Å². The average molecular weight is 262 g/mol. The van der Waals surface area contributed by atoms with Gasteiger partial charge in [-0.15, -0.1) is 0 Å². The summed E-state index contributed by atoms with van der Waals surface area (Å²) in [6.45, 7) is 5.68. The molecule has 1 aromatic carbocycles. The molecule has 0 saturated carbocycles. The lowest BCUT2D eigenvalue weighted by molar-refractivity contribution is -0.156. The van der Waals surface area contributed by atoms with Gasteiger partial charge in [-0.3, -0.25) is 4.79 Å². The van der Waals surface area contributed by atoms with Gasteiger partial charge >= 0.3 is 5.97 Å². The Morgan fingerprint density at radius 3 is 2.79 bits per heavy atom. The Kier molecular flexibility index (Phi) is 3.83. The molecule has 1 aromatic rings. The van der Waals surface area contributed by atoms with Gasteiger partial charge in [0.15, 0.2) is 0 Å². The van der Waals surface area contributed by atoms with E-state index in [1.807, 2.05) is 32.9 Å². The number of carbonyl (C=O) groups excluding carboxylic acids is 1. The Labute approximate surface area is 114 Å². The van der Waals surface area contributed by atoms with Crippen molar-refractivity contribution in [1.82, 2.24) is 0 Å². The fraction of sp³-hybridized carbons (Fsp3) is 0.562. The summed E-state index contributed by atoms with van der Waals surface area (Å²) in [5.41, 5.74) is 2.05. The van der Waals surface area contributed by atoms with Gasteiger partial charge in [0, 0.05) is 6.42 Å². The van der Waals surface area contributed by atoms with E-state index in [2.05, 4.69) is 0 Å². The number of hydrogen-bond acceptors (Lipinski definition) is 3. The number of benzene rings is 1. The summed E-state index contributed by atoms with van der Waals surface area (Å²) >= 11 is 0. The zero-order chi connectivity index (χ0) is 14.0. The minimum Gasteiger partial charge on any atom is -0.508 e. The third-order valence-electron chi connectivity index (χ3n) is 3.40. The average Bonchev–Trinajstić information content (AvgIpc) is 2.26. The van der Waals surface area contributed by atoms with E-state index >= 15 is 0 Å². The van der Waals surface area contributed by atoms with Gasteiger partial charge in [-0.25, -0.2) is 0 Å². The van der Waals surface area contributed by atoms with Gasteiger partial charge in [0.05, 0.1) is 0 Å². The lowest BCUT2D eigenvalue weighted by Crippen LogP contribution is -2.26. The number of esters is 1. The van der Waals surface area contributed by atoms with E-state index < -0.39 is 5.60 Å². The molecule has 19 heavy (non-hydrogen) atoms. The van der Waals surface area contributed by atoms with Crippen molar-refractivity contribution in [2.24, 2.45) is 5.92 Å². The van der Waals surface area contributed by atoms with Crippen molar-refractivity contribution in [3.8, 4) is 5.75 Å². The first-order valence-corrected chi connectivity index (χ1v) is 6.86. The van der Waals surface area contributed by atoms with E-state index in [1.54, 1.807) is 6.07 Å². The highest BCUT2D eigenvalue weighted by Crippen LogP contribution is 2.30. The maximum absolute atomic E-state index is 11.8. The van der Waals surface area contributed by atoms with Crippen LogP contribution in [0.25, 0.3) is 0 Å². The molecule has 1 aliphatic rings. The van der Waals surface area contributed by atoms with Crippen LogP contribution in [0, 0.1) is 5.92 Å². The molecule has 0 saturated heterocycles. The van der Waals surface area contributed by atoms with Crippen molar-refractivity contribution in [2.75, 3.05) is 0 Å². The first-order valence-electron chi connectivity index (χ1n) is 6.86. The molecule has 1 unspecified atom stereocenters. The lowest BCUT2D eigenvalue weighted by atomic mass is 9.82. The molecule has 104 valence electrons. The van der Waals surface area contributed by atoms with Crippen LogP contribution in [0.2, 0.25) is 0 Å². The van der Waals surface area contributed by atoms with Crippen molar-refractivity contribution in [2.45, 2.75) is 52.1 Å². The maximum atomic E-state index is 11.8. The molecule has 0 heterocycles. The molecular weight excluding hydrogens is 240 g/mol. The number of phenolic OH excluding ortho intramolecular Hbond substituents is 1. The van der Waals surface area contributed by atoms with Crippen LogP contribution in [-0.2, 0) is 22.4 Å². The van der Waals surface area contributed by atoms with Gasteiger partial charge < -0.3 is 9.84 Å². The van der Waals surface area contributed by atoms with Crippen LogP contribution in [0.3, 0.4) is 0 Å². The number of rotatable bonds is 2. The molecule has 2 rings (SSSR count). The van der Waals surface area contributed by atoms with Gasteiger partial charge in [-0.2, -0.15) is 0 Å². The molecule has 0 spiro atoms. The highest BCUT2D eigenvalue weighted by molar-refractivity contribution is 5.70. The van der Waals surface area contributed by atoms with Crippen molar-refractivity contribution in [3.63, 3.8) is 0 Å². The Hall–Kier alpha value is -1.51. The normalized spacial score (nSPS) is 18.8. The Bertz CT molecular complexity index is 471. The van der Waals surface area contributed by atoms with Crippen molar-refractivity contribution < 1.29 is 14.6 Å². The minimum absolute atomic E-state index is 0.111. The fourth-order valence-electron chi connectivity index (χ4n) is 2.61. The fourth-order valence-corrected chi connectivity index (χ4v) is 2.61. The Balaban J connectivity index is 1.95. The molecule has 0 fully saturated rings. The zero-order valence-electron chi connectivity index (χ0n) is 11.9. The number of hydrogen-bond donors (Lipinski definition) is 1. The molecule has 1 aliphatic carbocycles. The van der Waals surface area contributed by atoms with Crippen molar-refractivity contribution in [1.29, 1.82) is 0 Å². The van der Waals surface area contributed by atoms with Crippen LogP contribution in [0.15, 0.2) is 18.2 Å². The number of aromatic hydroxyl groups is 1. The number of ether oxygens (including phenoxy) is 1. The Morgan fingerprint density at radius 1 is 1.37 bits per heavy atom. The molecule has 1 N–H and O–H groups in total. The van der Waals surface area contributed by atoms with Crippen LogP contribution in [0.4, 0.5) is 0 Å². The summed E-state index contributed by atoms with van der Waals surface area (Å²) in [7, 11) is 0. The number of aryl methyl sites for hydroxylation is 1. The highest BCUT2D eigenvalue weighted by atomic mass is 16.6. The Morgan fingerprint density at radius 2 is 2.11 bits per heavy atom. The minimum atomic E-state index is -0.407. The number of phenols is 1. The molecule has 0 amide bonds. The summed E-state index contributed by atoms with van der Waals surface area (Å²) < 4.78 is 5.37. The van der Waals surface area contributed by atoms with E-state index in [4.69, 9.17) is 4.74 Å². The summed E-state index contributed by atoms with van der Waals surface area (Å²) in [6, 6.07) is 5.51. The third kappa shape index (κ3) is 3.98. The van der Waals surface area contributed by atoms with E-state index in [-0.39, 0.29) is 5.97 Å². The van der Waals surface area contributed by atoms with E-state index in [1.165, 1.54) is 11.1 Å². The summed E-state index contributed by atoms with van der Waals surface area (Å²) in [4.78, 5) is 11.8. The highest BCUT2D eigenvalue weighted by Gasteiger charge is 2.24. The topological polar surface area (TPSA) is 46.5 Å². The van der Waals surface area contributed by atoms with Gasteiger partial charge in [0.25, 0.3) is 0 Å². The monoisotopic (exact) mass is 262 g/mol. The molecule has 0 aliphatic heterocycles. The predicted octanol–water partition coefficient (Wildman–Crippen LogP) is 3.23. The standard InChI is InChI=1S/C16H22O3/c1-16(2,3)19-15(18)9-11-4-5-13-10-14(17)7-6-12(13)8-11/h6-7,10-11,17H,4-5,8-9H2,1-3H3. The molecule has 0 aromatic heterocycles. The molecule has 0 bridgehead atoms. The SMILES string of the molecule is CC(C)(C)OC(=O)CC1CCc2cc(O)ccc2C1. The van der Waals surface area contributed by atoms with Crippen LogP contribution in [-0.4, -0.2) is 16.7 Å². The second-order valence-corrected chi connectivity index (χ2v) is 6.35. The van der Waals surface area contributed by atoms with E-state index in [0.717, 1.165) is 19.3 Å². The lowest BCUT2D eigenvalue weighted by Gasteiger charge is -2.26. The molecule has 1 atom stereocenters.